The maximum Gasteiger partial charge on any atom is 0.407 e. The van der Waals surface area contributed by atoms with Gasteiger partial charge in [-0.05, 0) is 11.1 Å². The lowest BCUT2D eigenvalue weighted by atomic mass is 9.81. The summed E-state index contributed by atoms with van der Waals surface area (Å²) in [7, 11) is 0. The number of carbonyl (C=O) groups excluding carboxylic acids is 3. The van der Waals surface area contributed by atoms with E-state index >= 15 is 0 Å². The van der Waals surface area contributed by atoms with Crippen LogP contribution in [0.25, 0.3) is 0 Å². The second-order valence-corrected chi connectivity index (χ2v) is 8.03. The third-order valence-corrected chi connectivity index (χ3v) is 5.66. The predicted molar refractivity (Wildman–Crippen MR) is 134 cm³/mol. The van der Waals surface area contributed by atoms with Gasteiger partial charge in [0.1, 0.15) is 12.5 Å². The van der Waals surface area contributed by atoms with E-state index < -0.39 is 18.1 Å². The topological polar surface area (TPSA) is 72.5 Å². The number of Topliss-reactive ketones (excluding diaryl/α,β-unsaturated/α-hetero) is 2. The van der Waals surface area contributed by atoms with Crippen molar-refractivity contribution >= 4 is 17.7 Å². The maximum atomic E-state index is 13.7. The molecule has 0 radical (unpaired) electrons. The van der Waals surface area contributed by atoms with Gasteiger partial charge in [-0.2, -0.15) is 0 Å². The van der Waals surface area contributed by atoms with Crippen LogP contribution in [0.2, 0.25) is 0 Å². The van der Waals surface area contributed by atoms with Gasteiger partial charge in [0.2, 0.25) is 0 Å². The summed E-state index contributed by atoms with van der Waals surface area (Å²) < 4.78 is 5.43. The molecule has 0 aliphatic carbocycles. The van der Waals surface area contributed by atoms with Crippen LogP contribution in [-0.4, -0.2) is 17.7 Å². The molecule has 0 aromatic heterocycles. The van der Waals surface area contributed by atoms with Gasteiger partial charge in [-0.1, -0.05) is 121 Å². The van der Waals surface area contributed by atoms with Gasteiger partial charge in [-0.15, -0.1) is 0 Å². The molecule has 0 fully saturated rings. The summed E-state index contributed by atoms with van der Waals surface area (Å²) in [6.45, 7) is 0.0676. The largest absolute Gasteiger partial charge is 0.445 e. The first-order valence-electron chi connectivity index (χ1n) is 11.3. The van der Waals surface area contributed by atoms with Crippen molar-refractivity contribution in [3.8, 4) is 0 Å². The molecule has 0 spiro atoms. The van der Waals surface area contributed by atoms with Crippen LogP contribution in [0.3, 0.4) is 0 Å². The van der Waals surface area contributed by atoms with E-state index in [0.29, 0.717) is 16.7 Å². The van der Waals surface area contributed by atoms with Gasteiger partial charge in [0.15, 0.2) is 11.6 Å². The lowest BCUT2D eigenvalue weighted by molar-refractivity contribution is 0.0761. The van der Waals surface area contributed by atoms with Crippen molar-refractivity contribution < 1.29 is 19.1 Å². The average Bonchev–Trinajstić information content (AvgIpc) is 2.93. The number of carbonyl (C=O) groups is 3. The van der Waals surface area contributed by atoms with Crippen LogP contribution in [0, 0.1) is 5.92 Å². The Kier molecular flexibility index (Phi) is 7.81. The van der Waals surface area contributed by atoms with E-state index in [9.17, 15) is 14.4 Å². The molecule has 0 bridgehead atoms. The first kappa shape index (κ1) is 23.6. The minimum absolute atomic E-state index is 0.0676. The zero-order valence-corrected chi connectivity index (χ0v) is 19.0. The van der Waals surface area contributed by atoms with Crippen molar-refractivity contribution in [2.75, 3.05) is 0 Å². The molecule has 5 nitrogen and oxygen atoms in total. The molecule has 35 heavy (non-hydrogen) atoms. The third-order valence-electron chi connectivity index (χ3n) is 5.66. The van der Waals surface area contributed by atoms with Crippen LogP contribution in [0.5, 0.6) is 0 Å². The average molecular weight is 464 g/mol. The summed E-state index contributed by atoms with van der Waals surface area (Å²) in [6.07, 6.45) is -0.713. The molecule has 0 saturated carbocycles. The molecule has 0 heterocycles. The SMILES string of the molecule is O=C(NC(c1ccccc1)C(C(=O)c1ccccc1)C(=O)c1ccccc1)OCc1ccccc1. The number of hydrogen-bond donors (Lipinski definition) is 1. The minimum atomic E-state index is -1.19. The molecule has 0 aliphatic heterocycles. The number of benzene rings is 4. The van der Waals surface area contributed by atoms with Gasteiger partial charge >= 0.3 is 6.09 Å². The molecule has 174 valence electrons. The van der Waals surface area contributed by atoms with Gasteiger partial charge in [0.25, 0.3) is 0 Å². The molecule has 0 aliphatic rings. The molecule has 1 N–H and O–H groups in total. The molecule has 4 aromatic carbocycles. The third kappa shape index (κ3) is 6.09. The molecule has 0 saturated heterocycles. The van der Waals surface area contributed by atoms with Crippen molar-refractivity contribution in [1.29, 1.82) is 0 Å². The molecule has 1 atom stereocenters. The number of nitrogens with one attached hydrogen (secondary N) is 1. The molecule has 4 rings (SSSR count). The van der Waals surface area contributed by atoms with Gasteiger partial charge in [-0.3, -0.25) is 9.59 Å². The van der Waals surface area contributed by atoms with Gasteiger partial charge in [0.05, 0.1) is 6.04 Å². The smallest absolute Gasteiger partial charge is 0.407 e. The minimum Gasteiger partial charge on any atom is -0.445 e. The maximum absolute atomic E-state index is 13.7. The van der Waals surface area contributed by atoms with Crippen LogP contribution >= 0.6 is 0 Å². The summed E-state index contributed by atoms with van der Waals surface area (Å²) in [5.41, 5.74) is 2.24. The van der Waals surface area contributed by atoms with E-state index in [0.717, 1.165) is 5.56 Å². The standard InChI is InChI=1S/C30H25NO4/c32-28(24-17-9-3-10-18-24)26(29(33)25-19-11-4-12-20-25)27(23-15-7-2-8-16-23)31-30(34)35-21-22-13-5-1-6-14-22/h1-20,26-27H,21H2,(H,31,34). The number of ketones is 2. The van der Waals surface area contributed by atoms with Crippen LogP contribution in [0.15, 0.2) is 121 Å². The highest BCUT2D eigenvalue weighted by atomic mass is 16.5. The fraction of sp³-hybridized carbons (Fsp3) is 0.100. The van der Waals surface area contributed by atoms with Crippen LogP contribution < -0.4 is 5.32 Å². The van der Waals surface area contributed by atoms with Gasteiger partial charge in [-0.25, -0.2) is 4.79 Å². The first-order chi connectivity index (χ1) is 17.1. The molecule has 1 amide bonds. The normalized spacial score (nSPS) is 11.5. The number of hydrogen-bond acceptors (Lipinski definition) is 4. The summed E-state index contributed by atoms with van der Waals surface area (Å²) in [5.74, 6) is -1.94. The van der Waals surface area contributed by atoms with E-state index in [1.165, 1.54) is 0 Å². The molecular weight excluding hydrogens is 438 g/mol. The van der Waals surface area contributed by atoms with Crippen molar-refractivity contribution in [2.24, 2.45) is 5.92 Å². The fourth-order valence-electron chi connectivity index (χ4n) is 3.90. The van der Waals surface area contributed by atoms with Crippen molar-refractivity contribution in [3.63, 3.8) is 0 Å². The number of alkyl carbamates (subject to hydrolysis) is 1. The quantitative estimate of drug-likeness (QED) is 0.243. The first-order valence-corrected chi connectivity index (χ1v) is 11.3. The highest BCUT2D eigenvalue weighted by Crippen LogP contribution is 2.29. The Bertz CT molecular complexity index is 1210. The summed E-state index contributed by atoms with van der Waals surface area (Å²) in [5, 5.41) is 2.80. The van der Waals surface area contributed by atoms with Crippen LogP contribution in [0.1, 0.15) is 37.9 Å². The second kappa shape index (κ2) is 11.6. The lowest BCUT2D eigenvalue weighted by Gasteiger charge is -2.27. The van der Waals surface area contributed by atoms with E-state index in [2.05, 4.69) is 5.32 Å². The Morgan fingerprint density at radius 3 is 1.51 bits per heavy atom. The van der Waals surface area contributed by atoms with Crippen molar-refractivity contribution in [2.45, 2.75) is 12.6 Å². The van der Waals surface area contributed by atoms with Crippen molar-refractivity contribution in [3.05, 3.63) is 144 Å². The Morgan fingerprint density at radius 1 is 0.600 bits per heavy atom. The number of ether oxygens (including phenoxy) is 1. The number of rotatable bonds is 9. The Labute approximate surface area is 204 Å². The molecule has 1 unspecified atom stereocenters. The van der Waals surface area contributed by atoms with Gasteiger partial charge < -0.3 is 10.1 Å². The zero-order chi connectivity index (χ0) is 24.5. The van der Waals surface area contributed by atoms with Gasteiger partial charge in [0, 0.05) is 11.1 Å². The Hall–Kier alpha value is -4.51. The number of amides is 1. The second-order valence-electron chi connectivity index (χ2n) is 8.03. The monoisotopic (exact) mass is 463 g/mol. The van der Waals surface area contributed by atoms with E-state index in [1.54, 1.807) is 84.9 Å². The lowest BCUT2D eigenvalue weighted by Crippen LogP contribution is -2.41. The van der Waals surface area contributed by atoms with E-state index in [4.69, 9.17) is 4.74 Å². The summed E-state index contributed by atoms with van der Waals surface area (Å²) in [6, 6.07) is 34.6. The highest BCUT2D eigenvalue weighted by molar-refractivity contribution is 6.16. The van der Waals surface area contributed by atoms with Crippen LogP contribution in [0.4, 0.5) is 4.79 Å². The predicted octanol–water partition coefficient (Wildman–Crippen LogP) is 6.04. The fourth-order valence-corrected chi connectivity index (χ4v) is 3.90. The van der Waals surface area contributed by atoms with Crippen molar-refractivity contribution in [1.82, 2.24) is 5.32 Å². The Morgan fingerprint density at radius 2 is 1.03 bits per heavy atom. The van der Waals surface area contributed by atoms with E-state index in [1.807, 2.05) is 36.4 Å². The van der Waals surface area contributed by atoms with Crippen LogP contribution in [-0.2, 0) is 11.3 Å². The molecular formula is C30H25NO4. The molecule has 4 aromatic rings. The van der Waals surface area contributed by atoms with E-state index in [-0.39, 0.29) is 18.2 Å². The highest BCUT2D eigenvalue weighted by Gasteiger charge is 2.38. The Balaban J connectivity index is 1.69. The summed E-state index contributed by atoms with van der Waals surface area (Å²) in [4.78, 5) is 40.3. The summed E-state index contributed by atoms with van der Waals surface area (Å²) >= 11 is 0. The zero-order valence-electron chi connectivity index (χ0n) is 19.0. The molecule has 5 heteroatoms.